The highest BCUT2D eigenvalue weighted by molar-refractivity contribution is 8.14. The molecule has 0 aromatic rings. The number of rotatable bonds is 1. The fraction of sp³-hybridized carbons (Fsp3) is 0.714. The summed E-state index contributed by atoms with van der Waals surface area (Å²) in [6.45, 7) is 5.18. The summed E-state index contributed by atoms with van der Waals surface area (Å²) in [7, 11) is 0. The maximum absolute atomic E-state index is 10.9. The van der Waals surface area contributed by atoms with Crippen molar-refractivity contribution < 1.29 is 9.59 Å². The fourth-order valence-electron chi connectivity index (χ4n) is 0.870. The van der Waals surface area contributed by atoms with Crippen molar-refractivity contribution in [3.8, 4) is 0 Å². The zero-order valence-corrected chi connectivity index (χ0v) is 7.62. The zero-order chi connectivity index (χ0) is 8.65. The summed E-state index contributed by atoms with van der Waals surface area (Å²) < 4.78 is 0. The zero-order valence-electron chi connectivity index (χ0n) is 6.80. The van der Waals surface area contributed by atoms with E-state index in [-0.39, 0.29) is 21.8 Å². The number of amides is 1. The van der Waals surface area contributed by atoms with Crippen LogP contribution in [-0.4, -0.2) is 16.4 Å². The van der Waals surface area contributed by atoms with Gasteiger partial charge in [-0.05, 0) is 13.8 Å². The van der Waals surface area contributed by atoms with E-state index in [2.05, 4.69) is 5.32 Å². The van der Waals surface area contributed by atoms with Crippen molar-refractivity contribution in [2.24, 2.45) is 5.41 Å². The van der Waals surface area contributed by atoms with Crippen molar-refractivity contribution >= 4 is 22.8 Å². The van der Waals surface area contributed by atoms with Crippen molar-refractivity contribution in [3.63, 3.8) is 0 Å². The number of nitrogens with one attached hydrogen (secondary N) is 1. The minimum absolute atomic E-state index is 0.0243. The number of thioether (sulfide) groups is 1. The monoisotopic (exact) mass is 173 g/mol. The molecule has 1 fully saturated rings. The molecule has 1 amide bonds. The molecule has 0 bridgehead atoms. The van der Waals surface area contributed by atoms with Gasteiger partial charge in [0.05, 0.1) is 10.8 Å². The van der Waals surface area contributed by atoms with Crippen LogP contribution in [0.4, 0.5) is 0 Å². The molecule has 0 aromatic carbocycles. The quantitative estimate of drug-likeness (QED) is 0.595. The van der Waals surface area contributed by atoms with Gasteiger partial charge in [0.15, 0.2) is 5.12 Å². The predicted molar refractivity (Wildman–Crippen MR) is 44.0 cm³/mol. The number of carbonyl (C=O) groups is 2. The Morgan fingerprint density at radius 2 is 2.18 bits per heavy atom. The lowest BCUT2D eigenvalue weighted by molar-refractivity contribution is -0.138. The molecular weight excluding hydrogens is 162 g/mol. The van der Waals surface area contributed by atoms with Gasteiger partial charge in [0.1, 0.15) is 0 Å². The van der Waals surface area contributed by atoms with Gasteiger partial charge in [-0.25, -0.2) is 0 Å². The van der Waals surface area contributed by atoms with E-state index in [1.165, 1.54) is 18.7 Å². The molecule has 11 heavy (non-hydrogen) atoms. The Balaban J connectivity index is 2.53. The summed E-state index contributed by atoms with van der Waals surface area (Å²) in [4.78, 5) is 21.6. The minimum Gasteiger partial charge on any atom is -0.342 e. The van der Waals surface area contributed by atoms with Crippen molar-refractivity contribution in [2.45, 2.75) is 26.1 Å². The SMILES string of the molecule is CC(=O)SC1NC(=O)C1(C)C. The van der Waals surface area contributed by atoms with E-state index in [0.717, 1.165) is 0 Å². The Hall–Kier alpha value is -0.510. The normalized spacial score (nSPS) is 27.2. The molecule has 1 saturated heterocycles. The molecule has 62 valence electrons. The van der Waals surface area contributed by atoms with Gasteiger partial charge in [-0.15, -0.1) is 0 Å². The summed E-state index contributed by atoms with van der Waals surface area (Å²) >= 11 is 1.18. The average molecular weight is 173 g/mol. The average Bonchev–Trinajstić information content (AvgIpc) is 1.87. The Morgan fingerprint density at radius 1 is 1.64 bits per heavy atom. The second kappa shape index (κ2) is 2.52. The molecule has 1 heterocycles. The Labute approximate surface area is 69.9 Å². The smallest absolute Gasteiger partial charge is 0.229 e. The number of hydrogen-bond donors (Lipinski definition) is 1. The van der Waals surface area contributed by atoms with Gasteiger partial charge in [-0.2, -0.15) is 0 Å². The van der Waals surface area contributed by atoms with Crippen molar-refractivity contribution in [1.29, 1.82) is 0 Å². The molecule has 1 N–H and O–H groups in total. The maximum Gasteiger partial charge on any atom is 0.229 e. The molecule has 0 spiro atoms. The number of β-lactam (4-membered cyclic amide) rings is 1. The predicted octanol–water partition coefficient (Wildman–Crippen LogP) is 0.748. The van der Waals surface area contributed by atoms with Crippen LogP contribution in [-0.2, 0) is 9.59 Å². The van der Waals surface area contributed by atoms with Gasteiger partial charge in [-0.1, -0.05) is 11.8 Å². The van der Waals surface area contributed by atoms with E-state index < -0.39 is 0 Å². The molecule has 0 radical (unpaired) electrons. The first-order valence-electron chi connectivity index (χ1n) is 3.43. The summed E-state index contributed by atoms with van der Waals surface area (Å²) in [6, 6.07) is 0. The van der Waals surface area contributed by atoms with Gasteiger partial charge in [0, 0.05) is 6.92 Å². The van der Waals surface area contributed by atoms with Gasteiger partial charge in [0.2, 0.25) is 5.91 Å². The molecule has 0 aliphatic carbocycles. The standard InChI is InChI=1S/C7H11NO2S/c1-4(9)11-6-7(2,3)5(10)8-6/h6H,1-3H3,(H,8,10). The van der Waals surface area contributed by atoms with Crippen molar-refractivity contribution in [3.05, 3.63) is 0 Å². The third-order valence-electron chi connectivity index (χ3n) is 1.79. The highest BCUT2D eigenvalue weighted by atomic mass is 32.2. The van der Waals surface area contributed by atoms with E-state index in [0.29, 0.717) is 0 Å². The minimum atomic E-state index is -0.379. The van der Waals surface area contributed by atoms with Crippen LogP contribution >= 0.6 is 11.8 Å². The molecule has 1 aliphatic heterocycles. The van der Waals surface area contributed by atoms with Crippen LogP contribution in [0, 0.1) is 5.41 Å². The lowest BCUT2D eigenvalue weighted by atomic mass is 9.85. The van der Waals surface area contributed by atoms with E-state index in [1.54, 1.807) is 0 Å². The first-order valence-corrected chi connectivity index (χ1v) is 4.31. The van der Waals surface area contributed by atoms with Gasteiger partial charge in [-0.3, -0.25) is 9.59 Å². The van der Waals surface area contributed by atoms with Crippen LogP contribution in [0.25, 0.3) is 0 Å². The van der Waals surface area contributed by atoms with E-state index >= 15 is 0 Å². The topological polar surface area (TPSA) is 46.2 Å². The first-order chi connectivity index (χ1) is 4.94. The van der Waals surface area contributed by atoms with Crippen LogP contribution in [0.3, 0.4) is 0 Å². The second-order valence-corrected chi connectivity index (χ2v) is 4.47. The molecule has 0 aromatic heterocycles. The highest BCUT2D eigenvalue weighted by Crippen LogP contribution is 2.36. The summed E-state index contributed by atoms with van der Waals surface area (Å²) in [5.41, 5.74) is -0.379. The van der Waals surface area contributed by atoms with Gasteiger partial charge >= 0.3 is 0 Å². The van der Waals surface area contributed by atoms with Crippen LogP contribution in [0.2, 0.25) is 0 Å². The van der Waals surface area contributed by atoms with E-state index in [9.17, 15) is 9.59 Å². The Morgan fingerprint density at radius 3 is 2.45 bits per heavy atom. The van der Waals surface area contributed by atoms with Crippen LogP contribution < -0.4 is 5.32 Å². The molecule has 1 aliphatic rings. The molecule has 3 nitrogen and oxygen atoms in total. The van der Waals surface area contributed by atoms with Crippen molar-refractivity contribution in [2.75, 3.05) is 0 Å². The summed E-state index contributed by atoms with van der Waals surface area (Å²) in [6.07, 6.45) is 0. The fourth-order valence-corrected chi connectivity index (χ4v) is 1.77. The van der Waals surface area contributed by atoms with Crippen LogP contribution in [0.15, 0.2) is 0 Å². The lowest BCUT2D eigenvalue weighted by Crippen LogP contribution is -2.62. The highest BCUT2D eigenvalue weighted by Gasteiger charge is 2.48. The summed E-state index contributed by atoms with van der Waals surface area (Å²) in [5, 5.41) is 2.68. The van der Waals surface area contributed by atoms with Crippen molar-refractivity contribution in [1.82, 2.24) is 5.32 Å². The number of hydrogen-bond acceptors (Lipinski definition) is 3. The van der Waals surface area contributed by atoms with Crippen LogP contribution in [0.5, 0.6) is 0 Å². The lowest BCUT2D eigenvalue weighted by Gasteiger charge is -2.42. The van der Waals surface area contributed by atoms with E-state index in [4.69, 9.17) is 0 Å². The molecule has 0 saturated carbocycles. The van der Waals surface area contributed by atoms with E-state index in [1.807, 2.05) is 13.8 Å². The van der Waals surface area contributed by atoms with Gasteiger partial charge < -0.3 is 5.32 Å². The molecule has 1 unspecified atom stereocenters. The maximum atomic E-state index is 10.9. The molecule has 1 atom stereocenters. The molecule has 4 heteroatoms. The third kappa shape index (κ3) is 1.40. The Kier molecular flexibility index (Phi) is 1.96. The molecular formula is C7H11NO2S. The third-order valence-corrected chi connectivity index (χ3v) is 3.06. The first kappa shape index (κ1) is 8.59. The Bertz CT molecular complexity index is 212. The second-order valence-electron chi connectivity index (χ2n) is 3.18. The number of carbonyl (C=O) groups excluding carboxylic acids is 2. The van der Waals surface area contributed by atoms with Gasteiger partial charge in [0.25, 0.3) is 0 Å². The van der Waals surface area contributed by atoms with Crippen LogP contribution in [0.1, 0.15) is 20.8 Å². The molecule has 1 rings (SSSR count). The summed E-state index contributed by atoms with van der Waals surface area (Å²) in [5.74, 6) is 0.0243. The largest absolute Gasteiger partial charge is 0.342 e.